The second kappa shape index (κ2) is 6.39. The Labute approximate surface area is 133 Å². The fourth-order valence-corrected chi connectivity index (χ4v) is 1.91. The highest BCUT2D eigenvalue weighted by Crippen LogP contribution is 2.22. The zero-order valence-electron chi connectivity index (χ0n) is 12.9. The molecule has 0 radical (unpaired) electrons. The highest BCUT2D eigenvalue weighted by Gasteiger charge is 2.07. The number of fused-ring (bicyclic) bond motifs is 1. The van der Waals surface area contributed by atoms with Crippen LogP contribution in [-0.2, 0) is 4.79 Å². The fraction of sp³-hybridized carbons (Fsp3) is 0.176. The van der Waals surface area contributed by atoms with Crippen LogP contribution in [0.4, 0.5) is 5.69 Å². The van der Waals surface area contributed by atoms with Crippen LogP contribution < -0.4 is 10.1 Å². The molecular weight excluding hydrogens is 292 g/mol. The molecular formula is C17H16N4O2. The van der Waals surface area contributed by atoms with E-state index in [0.717, 1.165) is 5.69 Å². The summed E-state index contributed by atoms with van der Waals surface area (Å²) in [6.45, 7) is 3.70. The molecule has 0 saturated carbocycles. The number of benzene rings is 1. The van der Waals surface area contributed by atoms with E-state index in [4.69, 9.17) is 4.74 Å². The number of nitrogens with one attached hydrogen (secondary N) is 1. The zero-order valence-corrected chi connectivity index (χ0v) is 12.9. The van der Waals surface area contributed by atoms with Crippen LogP contribution in [0, 0.1) is 5.92 Å². The number of pyridine rings is 1. The van der Waals surface area contributed by atoms with Gasteiger partial charge in [-0.1, -0.05) is 13.8 Å². The van der Waals surface area contributed by atoms with Crippen molar-refractivity contribution in [2.24, 2.45) is 5.92 Å². The molecule has 1 amide bonds. The van der Waals surface area contributed by atoms with Gasteiger partial charge in [-0.2, -0.15) is 4.98 Å². The molecule has 3 aromatic rings. The SMILES string of the molecule is CC(C)C(=O)Nc1ccc(Oc2ccc3nccnc3n2)cc1. The van der Waals surface area contributed by atoms with Crippen LogP contribution in [-0.4, -0.2) is 20.9 Å². The van der Waals surface area contributed by atoms with Crippen molar-refractivity contribution in [2.45, 2.75) is 13.8 Å². The molecule has 0 unspecified atom stereocenters. The zero-order chi connectivity index (χ0) is 16.2. The molecule has 23 heavy (non-hydrogen) atoms. The monoisotopic (exact) mass is 308 g/mol. The third-order valence-electron chi connectivity index (χ3n) is 3.17. The van der Waals surface area contributed by atoms with E-state index in [9.17, 15) is 4.79 Å². The van der Waals surface area contributed by atoms with E-state index in [1.54, 1.807) is 42.7 Å². The van der Waals surface area contributed by atoms with Gasteiger partial charge in [0.05, 0.1) is 0 Å². The van der Waals surface area contributed by atoms with E-state index >= 15 is 0 Å². The number of amides is 1. The molecule has 0 aliphatic heterocycles. The van der Waals surface area contributed by atoms with Crippen molar-refractivity contribution in [1.29, 1.82) is 0 Å². The summed E-state index contributed by atoms with van der Waals surface area (Å²) in [6, 6.07) is 10.7. The summed E-state index contributed by atoms with van der Waals surface area (Å²) in [5.74, 6) is 0.988. The normalized spacial score (nSPS) is 10.7. The van der Waals surface area contributed by atoms with Gasteiger partial charge in [-0.15, -0.1) is 0 Å². The van der Waals surface area contributed by atoms with E-state index in [1.165, 1.54) is 0 Å². The minimum Gasteiger partial charge on any atom is -0.439 e. The predicted octanol–water partition coefficient (Wildman–Crippen LogP) is 3.41. The number of aromatic nitrogens is 3. The van der Waals surface area contributed by atoms with Crippen molar-refractivity contribution >= 4 is 22.8 Å². The van der Waals surface area contributed by atoms with Crippen molar-refractivity contribution in [2.75, 3.05) is 5.32 Å². The maximum atomic E-state index is 11.6. The van der Waals surface area contributed by atoms with Crippen LogP contribution in [0.2, 0.25) is 0 Å². The summed E-state index contributed by atoms with van der Waals surface area (Å²) in [5, 5.41) is 2.83. The van der Waals surface area contributed by atoms with Gasteiger partial charge >= 0.3 is 0 Å². The van der Waals surface area contributed by atoms with Gasteiger partial charge in [0, 0.05) is 30.1 Å². The lowest BCUT2D eigenvalue weighted by Gasteiger charge is -2.09. The van der Waals surface area contributed by atoms with Crippen molar-refractivity contribution in [1.82, 2.24) is 15.0 Å². The summed E-state index contributed by atoms with van der Waals surface area (Å²) in [7, 11) is 0. The molecule has 0 aliphatic rings. The number of carbonyl (C=O) groups is 1. The van der Waals surface area contributed by atoms with E-state index in [0.29, 0.717) is 22.8 Å². The number of carbonyl (C=O) groups excluding carboxylic acids is 1. The molecule has 6 nitrogen and oxygen atoms in total. The maximum Gasteiger partial charge on any atom is 0.226 e. The predicted molar refractivity (Wildman–Crippen MR) is 87.3 cm³/mol. The Morgan fingerprint density at radius 1 is 1.04 bits per heavy atom. The molecule has 1 aromatic carbocycles. The Morgan fingerprint density at radius 3 is 2.52 bits per heavy atom. The van der Waals surface area contributed by atoms with Crippen molar-refractivity contribution < 1.29 is 9.53 Å². The maximum absolute atomic E-state index is 11.6. The summed E-state index contributed by atoms with van der Waals surface area (Å²) < 4.78 is 5.70. The molecule has 3 rings (SSSR count). The van der Waals surface area contributed by atoms with Gasteiger partial charge < -0.3 is 10.1 Å². The van der Waals surface area contributed by atoms with Crippen molar-refractivity contribution in [3.05, 3.63) is 48.8 Å². The minimum atomic E-state index is -0.0613. The summed E-state index contributed by atoms with van der Waals surface area (Å²) in [5.41, 5.74) is 1.98. The Balaban J connectivity index is 1.73. The van der Waals surface area contributed by atoms with E-state index < -0.39 is 0 Å². The third-order valence-corrected chi connectivity index (χ3v) is 3.17. The van der Waals surface area contributed by atoms with Gasteiger partial charge in [-0.05, 0) is 30.3 Å². The van der Waals surface area contributed by atoms with Crippen LogP contribution in [0.5, 0.6) is 11.6 Å². The first-order valence-corrected chi connectivity index (χ1v) is 7.28. The van der Waals surface area contributed by atoms with Crippen LogP contribution in [0.25, 0.3) is 11.2 Å². The van der Waals surface area contributed by atoms with Crippen LogP contribution in [0.15, 0.2) is 48.8 Å². The first-order valence-electron chi connectivity index (χ1n) is 7.28. The Morgan fingerprint density at radius 2 is 1.78 bits per heavy atom. The lowest BCUT2D eigenvalue weighted by molar-refractivity contribution is -0.118. The second-order valence-corrected chi connectivity index (χ2v) is 5.32. The van der Waals surface area contributed by atoms with Crippen LogP contribution >= 0.6 is 0 Å². The molecule has 116 valence electrons. The van der Waals surface area contributed by atoms with Gasteiger partial charge in [0.2, 0.25) is 11.8 Å². The smallest absolute Gasteiger partial charge is 0.226 e. The molecule has 1 N–H and O–H groups in total. The lowest BCUT2D eigenvalue weighted by Crippen LogP contribution is -2.17. The number of rotatable bonds is 4. The minimum absolute atomic E-state index is 0.0200. The largest absolute Gasteiger partial charge is 0.439 e. The van der Waals surface area contributed by atoms with Gasteiger partial charge in [0.15, 0.2) is 5.65 Å². The van der Waals surface area contributed by atoms with Crippen LogP contribution in [0.1, 0.15) is 13.8 Å². The molecule has 0 aliphatic carbocycles. The van der Waals surface area contributed by atoms with E-state index in [2.05, 4.69) is 20.3 Å². The summed E-state index contributed by atoms with van der Waals surface area (Å²) in [6.07, 6.45) is 3.21. The quantitative estimate of drug-likeness (QED) is 0.799. The molecule has 0 atom stereocenters. The molecule has 0 bridgehead atoms. The van der Waals surface area contributed by atoms with E-state index in [-0.39, 0.29) is 11.8 Å². The number of anilines is 1. The standard InChI is InChI=1S/C17H16N4O2/c1-11(2)17(22)20-12-3-5-13(6-4-12)23-15-8-7-14-16(21-15)19-10-9-18-14/h3-11H,1-2H3,(H,20,22). The molecule has 2 heterocycles. The highest BCUT2D eigenvalue weighted by molar-refractivity contribution is 5.92. The summed E-state index contributed by atoms with van der Waals surface area (Å²) >= 11 is 0. The Bertz CT molecular complexity index is 831. The molecule has 2 aromatic heterocycles. The number of hydrogen-bond acceptors (Lipinski definition) is 5. The third kappa shape index (κ3) is 3.60. The Kier molecular flexibility index (Phi) is 4.14. The lowest BCUT2D eigenvalue weighted by atomic mass is 10.2. The van der Waals surface area contributed by atoms with Crippen molar-refractivity contribution in [3.8, 4) is 11.6 Å². The van der Waals surface area contributed by atoms with Gasteiger partial charge in [0.25, 0.3) is 0 Å². The topological polar surface area (TPSA) is 77.0 Å². The van der Waals surface area contributed by atoms with Crippen molar-refractivity contribution in [3.63, 3.8) is 0 Å². The average Bonchev–Trinajstić information content (AvgIpc) is 2.56. The Hall–Kier alpha value is -3.02. The first kappa shape index (κ1) is 14.9. The number of ether oxygens (including phenoxy) is 1. The molecule has 6 heteroatoms. The number of nitrogens with zero attached hydrogens (tertiary/aromatic N) is 3. The molecule has 0 spiro atoms. The molecule has 0 fully saturated rings. The first-order chi connectivity index (χ1) is 11.1. The fourth-order valence-electron chi connectivity index (χ4n) is 1.91. The number of hydrogen-bond donors (Lipinski definition) is 1. The average molecular weight is 308 g/mol. The summed E-state index contributed by atoms with van der Waals surface area (Å²) in [4.78, 5) is 24.3. The molecule has 0 saturated heterocycles. The highest BCUT2D eigenvalue weighted by atomic mass is 16.5. The van der Waals surface area contributed by atoms with E-state index in [1.807, 2.05) is 19.9 Å². The van der Waals surface area contributed by atoms with Gasteiger partial charge in [0.1, 0.15) is 11.3 Å². The second-order valence-electron chi connectivity index (χ2n) is 5.32. The van der Waals surface area contributed by atoms with Gasteiger partial charge in [-0.3, -0.25) is 9.78 Å². The van der Waals surface area contributed by atoms with Gasteiger partial charge in [-0.25, -0.2) is 4.98 Å². The van der Waals surface area contributed by atoms with Crippen LogP contribution in [0.3, 0.4) is 0 Å².